The van der Waals surface area contributed by atoms with Gasteiger partial charge in [-0.25, -0.2) is 0 Å². The van der Waals surface area contributed by atoms with Gasteiger partial charge in [-0.1, -0.05) is 12.1 Å². The zero-order chi connectivity index (χ0) is 11.4. The second kappa shape index (κ2) is 5.32. The highest BCUT2D eigenvalue weighted by molar-refractivity contribution is 5.27. The molecule has 16 heavy (non-hydrogen) atoms. The number of benzene rings is 1. The molecule has 1 aliphatic heterocycles. The summed E-state index contributed by atoms with van der Waals surface area (Å²) in [4.78, 5) is 2.28. The van der Waals surface area contributed by atoms with E-state index in [9.17, 15) is 5.11 Å². The molecule has 0 aromatic heterocycles. The minimum Gasteiger partial charge on any atom is -0.494 e. The van der Waals surface area contributed by atoms with Crippen LogP contribution in [0.15, 0.2) is 24.3 Å². The number of rotatable bonds is 4. The highest BCUT2D eigenvalue weighted by atomic mass is 16.5. The molecule has 1 fully saturated rings. The van der Waals surface area contributed by atoms with E-state index in [0.717, 1.165) is 31.8 Å². The van der Waals surface area contributed by atoms with Crippen molar-refractivity contribution >= 4 is 0 Å². The quantitative estimate of drug-likeness (QED) is 0.839. The summed E-state index contributed by atoms with van der Waals surface area (Å²) >= 11 is 0. The van der Waals surface area contributed by atoms with Gasteiger partial charge in [-0.05, 0) is 31.0 Å². The summed E-state index contributed by atoms with van der Waals surface area (Å²) in [6, 6.07) is 8.20. The Hall–Kier alpha value is -1.06. The Bertz CT molecular complexity index is 323. The van der Waals surface area contributed by atoms with Crippen molar-refractivity contribution in [1.82, 2.24) is 4.90 Å². The number of nitrogens with zero attached hydrogens (tertiary/aromatic N) is 1. The first-order valence-electron chi connectivity index (χ1n) is 5.90. The molecule has 1 saturated heterocycles. The molecule has 3 nitrogen and oxygen atoms in total. The van der Waals surface area contributed by atoms with Crippen LogP contribution in [0.3, 0.4) is 0 Å². The van der Waals surface area contributed by atoms with E-state index in [2.05, 4.69) is 17.0 Å². The van der Waals surface area contributed by atoms with Crippen LogP contribution in [-0.2, 0) is 6.54 Å². The van der Waals surface area contributed by atoms with E-state index in [4.69, 9.17) is 4.74 Å². The molecule has 1 atom stereocenters. The van der Waals surface area contributed by atoms with Crippen LogP contribution in [0.5, 0.6) is 5.75 Å². The first kappa shape index (κ1) is 11.4. The monoisotopic (exact) mass is 221 g/mol. The molecular formula is C13H19NO2. The number of hydrogen-bond acceptors (Lipinski definition) is 3. The second-order valence-electron chi connectivity index (χ2n) is 4.25. The van der Waals surface area contributed by atoms with Crippen LogP contribution in [0.2, 0.25) is 0 Å². The zero-order valence-corrected chi connectivity index (χ0v) is 9.72. The van der Waals surface area contributed by atoms with E-state index in [1.165, 1.54) is 5.56 Å². The van der Waals surface area contributed by atoms with E-state index in [1.807, 2.05) is 19.1 Å². The van der Waals surface area contributed by atoms with Crippen LogP contribution in [0.4, 0.5) is 0 Å². The number of ether oxygens (including phenoxy) is 1. The summed E-state index contributed by atoms with van der Waals surface area (Å²) < 4.78 is 5.39. The summed E-state index contributed by atoms with van der Waals surface area (Å²) in [5, 5.41) is 9.43. The average molecular weight is 221 g/mol. The standard InChI is InChI=1S/C13H19NO2/c1-2-16-13-5-3-11(4-6-13)9-14-8-7-12(15)10-14/h3-6,12,15H,2,7-10H2,1H3/t12-/m1/s1. The van der Waals surface area contributed by atoms with Gasteiger partial charge in [0.1, 0.15) is 5.75 Å². The highest BCUT2D eigenvalue weighted by Gasteiger charge is 2.19. The van der Waals surface area contributed by atoms with E-state index in [-0.39, 0.29) is 6.10 Å². The van der Waals surface area contributed by atoms with Gasteiger partial charge in [0.05, 0.1) is 12.7 Å². The molecule has 0 spiro atoms. The largest absolute Gasteiger partial charge is 0.494 e. The number of aliphatic hydroxyl groups excluding tert-OH is 1. The van der Waals surface area contributed by atoms with E-state index >= 15 is 0 Å². The minimum atomic E-state index is -0.136. The third-order valence-electron chi connectivity index (χ3n) is 2.89. The van der Waals surface area contributed by atoms with Crippen molar-refractivity contribution in [3.05, 3.63) is 29.8 Å². The Morgan fingerprint density at radius 2 is 2.12 bits per heavy atom. The van der Waals surface area contributed by atoms with Gasteiger partial charge in [0.2, 0.25) is 0 Å². The lowest BCUT2D eigenvalue weighted by molar-refractivity contribution is 0.175. The number of β-amino-alcohol motifs (C(OH)–C–C–N with tert-alkyl or cyclic N) is 1. The van der Waals surface area contributed by atoms with E-state index in [0.29, 0.717) is 6.61 Å². The van der Waals surface area contributed by atoms with Crippen molar-refractivity contribution in [2.75, 3.05) is 19.7 Å². The number of aliphatic hydroxyl groups is 1. The number of hydrogen-bond donors (Lipinski definition) is 1. The fourth-order valence-electron chi connectivity index (χ4n) is 2.07. The SMILES string of the molecule is CCOc1ccc(CN2CC[C@@H](O)C2)cc1. The summed E-state index contributed by atoms with van der Waals surface area (Å²) in [6.07, 6.45) is 0.763. The van der Waals surface area contributed by atoms with Crippen molar-refractivity contribution in [3.63, 3.8) is 0 Å². The Morgan fingerprint density at radius 3 is 2.69 bits per heavy atom. The molecule has 3 heteroatoms. The molecule has 0 saturated carbocycles. The van der Waals surface area contributed by atoms with E-state index < -0.39 is 0 Å². The molecule has 0 radical (unpaired) electrons. The predicted molar refractivity (Wildman–Crippen MR) is 63.5 cm³/mol. The van der Waals surface area contributed by atoms with Gasteiger partial charge in [-0.2, -0.15) is 0 Å². The Kier molecular flexibility index (Phi) is 3.80. The molecule has 0 unspecified atom stereocenters. The third-order valence-corrected chi connectivity index (χ3v) is 2.89. The highest BCUT2D eigenvalue weighted by Crippen LogP contribution is 2.16. The van der Waals surface area contributed by atoms with Crippen LogP contribution in [0.25, 0.3) is 0 Å². The first-order chi connectivity index (χ1) is 7.78. The van der Waals surface area contributed by atoms with Crippen LogP contribution in [0, 0.1) is 0 Å². The molecule has 2 rings (SSSR count). The molecule has 0 bridgehead atoms. The smallest absolute Gasteiger partial charge is 0.119 e. The van der Waals surface area contributed by atoms with Gasteiger partial charge < -0.3 is 9.84 Å². The summed E-state index contributed by atoms with van der Waals surface area (Å²) in [5.74, 6) is 0.924. The van der Waals surface area contributed by atoms with Crippen LogP contribution in [-0.4, -0.2) is 35.8 Å². The molecule has 1 heterocycles. The maximum absolute atomic E-state index is 9.43. The Labute approximate surface area is 96.6 Å². The zero-order valence-electron chi connectivity index (χ0n) is 9.72. The van der Waals surface area contributed by atoms with Crippen molar-refractivity contribution in [2.45, 2.75) is 26.0 Å². The molecule has 1 aliphatic rings. The first-order valence-corrected chi connectivity index (χ1v) is 5.90. The van der Waals surface area contributed by atoms with Crippen LogP contribution < -0.4 is 4.74 Å². The average Bonchev–Trinajstić information content (AvgIpc) is 2.67. The second-order valence-corrected chi connectivity index (χ2v) is 4.25. The predicted octanol–water partition coefficient (Wildman–Crippen LogP) is 1.65. The van der Waals surface area contributed by atoms with Gasteiger partial charge in [0, 0.05) is 19.6 Å². The lowest BCUT2D eigenvalue weighted by atomic mass is 10.2. The lowest BCUT2D eigenvalue weighted by Gasteiger charge is -2.15. The minimum absolute atomic E-state index is 0.136. The molecule has 1 aromatic carbocycles. The van der Waals surface area contributed by atoms with Gasteiger partial charge in [0.25, 0.3) is 0 Å². The van der Waals surface area contributed by atoms with Gasteiger partial charge in [-0.3, -0.25) is 4.90 Å². The fraction of sp³-hybridized carbons (Fsp3) is 0.538. The third kappa shape index (κ3) is 2.97. The Morgan fingerprint density at radius 1 is 1.38 bits per heavy atom. The van der Waals surface area contributed by atoms with Gasteiger partial charge >= 0.3 is 0 Å². The van der Waals surface area contributed by atoms with Crippen molar-refractivity contribution in [3.8, 4) is 5.75 Å². The van der Waals surface area contributed by atoms with Crippen molar-refractivity contribution < 1.29 is 9.84 Å². The molecular weight excluding hydrogens is 202 g/mol. The summed E-state index contributed by atoms with van der Waals surface area (Å²) in [7, 11) is 0. The van der Waals surface area contributed by atoms with Crippen molar-refractivity contribution in [2.24, 2.45) is 0 Å². The molecule has 1 aromatic rings. The number of likely N-dealkylation sites (tertiary alicyclic amines) is 1. The van der Waals surface area contributed by atoms with Gasteiger partial charge in [0.15, 0.2) is 0 Å². The van der Waals surface area contributed by atoms with Gasteiger partial charge in [-0.15, -0.1) is 0 Å². The van der Waals surface area contributed by atoms with Crippen LogP contribution >= 0.6 is 0 Å². The van der Waals surface area contributed by atoms with E-state index in [1.54, 1.807) is 0 Å². The van der Waals surface area contributed by atoms with Crippen molar-refractivity contribution in [1.29, 1.82) is 0 Å². The maximum atomic E-state index is 9.43. The topological polar surface area (TPSA) is 32.7 Å². The summed E-state index contributed by atoms with van der Waals surface area (Å²) in [6.45, 7) is 5.41. The molecule has 88 valence electrons. The molecule has 0 aliphatic carbocycles. The Balaban J connectivity index is 1.89. The molecule has 0 amide bonds. The summed E-state index contributed by atoms with van der Waals surface area (Å²) in [5.41, 5.74) is 1.28. The normalized spacial score (nSPS) is 21.2. The maximum Gasteiger partial charge on any atom is 0.119 e. The lowest BCUT2D eigenvalue weighted by Crippen LogP contribution is -2.21. The van der Waals surface area contributed by atoms with Crippen LogP contribution in [0.1, 0.15) is 18.9 Å². The fourth-order valence-corrected chi connectivity index (χ4v) is 2.07. The molecule has 1 N–H and O–H groups in total.